The zero-order chi connectivity index (χ0) is 24.0. The second-order valence-electron chi connectivity index (χ2n) is 8.67. The Morgan fingerprint density at radius 3 is 2.63 bits per heavy atom. The van der Waals surface area contributed by atoms with Gasteiger partial charge >= 0.3 is 0 Å². The Morgan fingerprint density at radius 1 is 1.03 bits per heavy atom. The first-order valence-electron chi connectivity index (χ1n) is 11.9. The molecule has 1 aliphatic heterocycles. The van der Waals surface area contributed by atoms with Crippen molar-refractivity contribution in [2.75, 3.05) is 23.7 Å². The van der Waals surface area contributed by atoms with Crippen LogP contribution in [0.15, 0.2) is 81.3 Å². The standard InChI is InChI=1S/C27H28N4O3S/c32-25(28-17-22-10-7-15-34-22)19-35-27-29-24-12-11-21(30-13-5-2-6-14-30)16-23(24)26(33)31(27)18-20-8-3-1-4-9-20/h1,3-4,7-12,15-16H,2,5-6,13-14,17-19H2,(H,28,32). The van der Waals surface area contributed by atoms with Crippen molar-refractivity contribution in [2.24, 2.45) is 0 Å². The summed E-state index contributed by atoms with van der Waals surface area (Å²) < 4.78 is 6.95. The van der Waals surface area contributed by atoms with Crippen LogP contribution in [0.4, 0.5) is 5.69 Å². The molecule has 1 fully saturated rings. The molecule has 1 amide bonds. The third-order valence-corrected chi connectivity index (χ3v) is 7.16. The van der Waals surface area contributed by atoms with Gasteiger partial charge in [0.15, 0.2) is 5.16 Å². The van der Waals surface area contributed by atoms with Crippen LogP contribution in [0.5, 0.6) is 0 Å². The lowest BCUT2D eigenvalue weighted by molar-refractivity contribution is -0.118. The highest BCUT2D eigenvalue weighted by atomic mass is 32.2. The van der Waals surface area contributed by atoms with E-state index in [2.05, 4.69) is 10.2 Å². The Hall–Kier alpha value is -3.52. The molecule has 7 nitrogen and oxygen atoms in total. The van der Waals surface area contributed by atoms with E-state index in [1.54, 1.807) is 16.9 Å². The summed E-state index contributed by atoms with van der Waals surface area (Å²) >= 11 is 1.27. The molecule has 0 radical (unpaired) electrons. The Bertz CT molecular complexity index is 1350. The van der Waals surface area contributed by atoms with Gasteiger partial charge in [-0.15, -0.1) is 0 Å². The van der Waals surface area contributed by atoms with Crippen LogP contribution in [0.1, 0.15) is 30.6 Å². The maximum atomic E-state index is 13.7. The first-order valence-corrected chi connectivity index (χ1v) is 12.9. The van der Waals surface area contributed by atoms with Crippen LogP contribution in [0.3, 0.4) is 0 Å². The molecule has 1 saturated heterocycles. The molecule has 1 aliphatic rings. The van der Waals surface area contributed by atoms with Crippen molar-refractivity contribution < 1.29 is 9.21 Å². The lowest BCUT2D eigenvalue weighted by atomic mass is 10.1. The predicted molar refractivity (Wildman–Crippen MR) is 139 cm³/mol. The van der Waals surface area contributed by atoms with Gasteiger partial charge in [-0.1, -0.05) is 42.1 Å². The fraction of sp³-hybridized carbons (Fsp3) is 0.296. The summed E-state index contributed by atoms with van der Waals surface area (Å²) in [5, 5.41) is 3.99. The Labute approximate surface area is 208 Å². The molecular weight excluding hydrogens is 460 g/mol. The van der Waals surface area contributed by atoms with Crippen molar-refractivity contribution in [1.29, 1.82) is 0 Å². The number of aromatic nitrogens is 2. The molecule has 35 heavy (non-hydrogen) atoms. The third kappa shape index (κ3) is 5.59. The Balaban J connectivity index is 1.43. The fourth-order valence-corrected chi connectivity index (χ4v) is 5.16. The molecule has 8 heteroatoms. The van der Waals surface area contributed by atoms with E-state index in [4.69, 9.17) is 9.40 Å². The second-order valence-corrected chi connectivity index (χ2v) is 9.61. The summed E-state index contributed by atoms with van der Waals surface area (Å²) in [6, 6.07) is 19.4. The maximum absolute atomic E-state index is 13.7. The van der Waals surface area contributed by atoms with E-state index >= 15 is 0 Å². The molecule has 0 saturated carbocycles. The third-order valence-electron chi connectivity index (χ3n) is 6.18. The Kier molecular flexibility index (Phi) is 7.18. The van der Waals surface area contributed by atoms with Crippen LogP contribution in [0, 0.1) is 0 Å². The number of hydrogen-bond acceptors (Lipinski definition) is 6. The molecular formula is C27H28N4O3S. The van der Waals surface area contributed by atoms with E-state index in [0.29, 0.717) is 34.9 Å². The summed E-state index contributed by atoms with van der Waals surface area (Å²) in [7, 11) is 0. The SMILES string of the molecule is O=C(CSc1nc2ccc(N3CCCCC3)cc2c(=O)n1Cc1ccccc1)NCc1ccco1. The lowest BCUT2D eigenvalue weighted by Gasteiger charge is -2.29. The normalized spacial score (nSPS) is 13.8. The van der Waals surface area contributed by atoms with Gasteiger partial charge in [0.2, 0.25) is 5.91 Å². The number of fused-ring (bicyclic) bond motifs is 1. The van der Waals surface area contributed by atoms with Crippen molar-refractivity contribution >= 4 is 34.3 Å². The van der Waals surface area contributed by atoms with Crippen molar-refractivity contribution in [3.63, 3.8) is 0 Å². The van der Waals surface area contributed by atoms with Gasteiger partial charge in [0.05, 0.1) is 36.0 Å². The smallest absolute Gasteiger partial charge is 0.262 e. The number of carbonyl (C=O) groups is 1. The summed E-state index contributed by atoms with van der Waals surface area (Å²) in [6.45, 7) is 2.75. The largest absolute Gasteiger partial charge is 0.467 e. The molecule has 0 atom stereocenters. The van der Waals surface area contributed by atoms with Crippen LogP contribution < -0.4 is 15.8 Å². The fourth-order valence-electron chi connectivity index (χ4n) is 4.33. The van der Waals surface area contributed by atoms with Crippen molar-refractivity contribution in [3.8, 4) is 0 Å². The summed E-state index contributed by atoms with van der Waals surface area (Å²) in [5.41, 5.74) is 2.64. The average Bonchev–Trinajstić information content (AvgIpc) is 3.43. The molecule has 180 valence electrons. The minimum absolute atomic E-state index is 0.0868. The highest BCUT2D eigenvalue weighted by Crippen LogP contribution is 2.25. The van der Waals surface area contributed by atoms with Crippen molar-refractivity contribution in [3.05, 3.63) is 88.6 Å². The number of nitrogens with zero attached hydrogens (tertiary/aromatic N) is 3. The molecule has 4 aromatic rings. The number of amides is 1. The zero-order valence-corrected chi connectivity index (χ0v) is 20.3. The van der Waals surface area contributed by atoms with Gasteiger partial charge < -0.3 is 14.6 Å². The topological polar surface area (TPSA) is 80.4 Å². The molecule has 0 aliphatic carbocycles. The maximum Gasteiger partial charge on any atom is 0.262 e. The molecule has 0 bridgehead atoms. The number of nitrogens with one attached hydrogen (secondary N) is 1. The molecule has 2 aromatic heterocycles. The molecule has 0 spiro atoms. The quantitative estimate of drug-likeness (QED) is 0.292. The van der Waals surface area contributed by atoms with E-state index in [0.717, 1.165) is 24.3 Å². The number of rotatable bonds is 8. The van der Waals surface area contributed by atoms with Crippen LogP contribution in [0.2, 0.25) is 0 Å². The molecule has 5 rings (SSSR count). The summed E-state index contributed by atoms with van der Waals surface area (Å²) in [6.07, 6.45) is 5.18. The summed E-state index contributed by atoms with van der Waals surface area (Å²) in [4.78, 5) is 33.3. The van der Waals surface area contributed by atoms with Crippen molar-refractivity contribution in [2.45, 2.75) is 37.5 Å². The number of hydrogen-bond donors (Lipinski definition) is 1. The van der Waals surface area contributed by atoms with Gasteiger partial charge in [-0.25, -0.2) is 4.98 Å². The zero-order valence-electron chi connectivity index (χ0n) is 19.5. The average molecular weight is 489 g/mol. The van der Waals surface area contributed by atoms with E-state index in [9.17, 15) is 9.59 Å². The number of thioether (sulfide) groups is 1. The van der Waals surface area contributed by atoms with Gasteiger partial charge in [-0.05, 0) is 55.2 Å². The van der Waals surface area contributed by atoms with E-state index in [-0.39, 0.29) is 17.2 Å². The molecule has 3 heterocycles. The van der Waals surface area contributed by atoms with E-state index in [1.165, 1.54) is 31.0 Å². The van der Waals surface area contributed by atoms with Crippen molar-refractivity contribution in [1.82, 2.24) is 14.9 Å². The number of furan rings is 1. The number of benzene rings is 2. The Morgan fingerprint density at radius 2 is 1.86 bits per heavy atom. The predicted octanol–water partition coefficient (Wildman–Crippen LogP) is 4.44. The van der Waals surface area contributed by atoms with Gasteiger partial charge in [0.25, 0.3) is 5.56 Å². The minimum Gasteiger partial charge on any atom is -0.467 e. The second kappa shape index (κ2) is 10.8. The number of piperidine rings is 1. The van der Waals surface area contributed by atoms with Crippen LogP contribution in [-0.4, -0.2) is 34.3 Å². The van der Waals surface area contributed by atoms with E-state index < -0.39 is 0 Å². The first kappa shape index (κ1) is 23.2. The van der Waals surface area contributed by atoms with Gasteiger partial charge in [-0.2, -0.15) is 0 Å². The lowest BCUT2D eigenvalue weighted by Crippen LogP contribution is -2.30. The highest BCUT2D eigenvalue weighted by molar-refractivity contribution is 7.99. The molecule has 2 aromatic carbocycles. The van der Waals surface area contributed by atoms with Crippen LogP contribution in [0.25, 0.3) is 10.9 Å². The number of carbonyl (C=O) groups excluding carboxylic acids is 1. The van der Waals surface area contributed by atoms with Crippen LogP contribution >= 0.6 is 11.8 Å². The van der Waals surface area contributed by atoms with Gasteiger partial charge in [0, 0.05) is 18.8 Å². The first-order chi connectivity index (χ1) is 17.2. The molecule has 0 unspecified atom stereocenters. The van der Waals surface area contributed by atoms with E-state index in [1.807, 2.05) is 54.6 Å². The summed E-state index contributed by atoms with van der Waals surface area (Å²) in [5.74, 6) is 0.699. The number of anilines is 1. The molecule has 1 N–H and O–H groups in total. The highest BCUT2D eigenvalue weighted by Gasteiger charge is 2.17. The van der Waals surface area contributed by atoms with Gasteiger partial charge in [0.1, 0.15) is 5.76 Å². The van der Waals surface area contributed by atoms with Crippen LogP contribution in [-0.2, 0) is 17.9 Å². The minimum atomic E-state index is -0.146. The monoisotopic (exact) mass is 488 g/mol. The van der Waals surface area contributed by atoms with Gasteiger partial charge in [-0.3, -0.25) is 14.2 Å².